The fourth-order valence-corrected chi connectivity index (χ4v) is 3.73. The van der Waals surface area contributed by atoms with E-state index in [9.17, 15) is 9.90 Å². The zero-order valence-electron chi connectivity index (χ0n) is 17.0. The zero-order valence-corrected chi connectivity index (χ0v) is 17.0. The maximum absolute atomic E-state index is 13.0. The van der Waals surface area contributed by atoms with E-state index in [-0.39, 0.29) is 23.3 Å². The number of benzene rings is 1. The predicted molar refractivity (Wildman–Crippen MR) is 108 cm³/mol. The van der Waals surface area contributed by atoms with Crippen molar-refractivity contribution in [1.29, 1.82) is 0 Å². The lowest BCUT2D eigenvalue weighted by molar-refractivity contribution is 0.0695. The van der Waals surface area contributed by atoms with Gasteiger partial charge in [-0.1, -0.05) is 26.0 Å². The summed E-state index contributed by atoms with van der Waals surface area (Å²) in [5.41, 5.74) is 2.10. The Morgan fingerprint density at radius 2 is 2.03 bits per heavy atom. The van der Waals surface area contributed by atoms with Crippen molar-refractivity contribution in [3.05, 3.63) is 53.4 Å². The van der Waals surface area contributed by atoms with Crippen LogP contribution >= 0.6 is 0 Å². The van der Waals surface area contributed by atoms with Crippen LogP contribution in [0.1, 0.15) is 66.2 Å². The van der Waals surface area contributed by atoms with Crippen molar-refractivity contribution in [3.63, 3.8) is 0 Å². The van der Waals surface area contributed by atoms with Gasteiger partial charge in [0.2, 0.25) is 0 Å². The van der Waals surface area contributed by atoms with Crippen LogP contribution in [-0.2, 0) is 0 Å². The largest absolute Gasteiger partial charge is 0.504 e. The molecule has 0 aliphatic carbocycles. The van der Waals surface area contributed by atoms with Crippen LogP contribution in [0.5, 0.6) is 5.75 Å². The van der Waals surface area contributed by atoms with Gasteiger partial charge in [0.05, 0.1) is 11.9 Å². The Balaban J connectivity index is 1.53. The van der Waals surface area contributed by atoms with E-state index in [1.807, 2.05) is 31.2 Å². The third-order valence-corrected chi connectivity index (χ3v) is 5.41. The Morgan fingerprint density at radius 3 is 2.69 bits per heavy atom. The van der Waals surface area contributed by atoms with Crippen LogP contribution in [0.2, 0.25) is 0 Å². The van der Waals surface area contributed by atoms with Gasteiger partial charge in [-0.3, -0.25) is 9.89 Å². The first-order chi connectivity index (χ1) is 13.9. The number of carbonyl (C=O) groups excluding carboxylic acids is 1. The number of H-pyrrole nitrogens is 1. The molecule has 3 heterocycles. The Bertz CT molecular complexity index is 1000. The SMILES string of the molecule is Cc1nc([C@@H]2CCCN(C(=O)c3nn(-c4ccc(C(C)C)cc4)cc3O)C2)n[nH]1. The molecule has 1 aromatic carbocycles. The third-order valence-electron chi connectivity index (χ3n) is 5.41. The van der Waals surface area contributed by atoms with Crippen molar-refractivity contribution in [2.75, 3.05) is 13.1 Å². The van der Waals surface area contributed by atoms with Gasteiger partial charge in [0.1, 0.15) is 5.82 Å². The summed E-state index contributed by atoms with van der Waals surface area (Å²) in [5, 5.41) is 21.8. The molecular weight excluding hydrogens is 368 g/mol. The molecule has 2 aromatic heterocycles. The topological polar surface area (TPSA) is 99.9 Å². The van der Waals surface area contributed by atoms with Crippen LogP contribution < -0.4 is 0 Å². The Hall–Kier alpha value is -3.16. The summed E-state index contributed by atoms with van der Waals surface area (Å²) < 4.78 is 1.55. The normalized spacial score (nSPS) is 17.1. The third kappa shape index (κ3) is 3.87. The number of hydrogen-bond acceptors (Lipinski definition) is 5. The van der Waals surface area contributed by atoms with E-state index >= 15 is 0 Å². The van der Waals surface area contributed by atoms with Gasteiger partial charge in [-0.25, -0.2) is 9.67 Å². The second kappa shape index (κ2) is 7.69. The Morgan fingerprint density at radius 1 is 1.28 bits per heavy atom. The lowest BCUT2D eigenvalue weighted by Gasteiger charge is -2.30. The van der Waals surface area contributed by atoms with Crippen LogP contribution in [0.25, 0.3) is 5.69 Å². The molecule has 4 rings (SSSR count). The maximum atomic E-state index is 13.0. The Kier molecular flexibility index (Phi) is 5.08. The highest BCUT2D eigenvalue weighted by Gasteiger charge is 2.30. The van der Waals surface area contributed by atoms with Gasteiger partial charge < -0.3 is 10.0 Å². The molecule has 1 amide bonds. The molecule has 1 aliphatic heterocycles. The van der Waals surface area contributed by atoms with Crippen molar-refractivity contribution in [3.8, 4) is 11.4 Å². The molecule has 0 spiro atoms. The van der Waals surface area contributed by atoms with E-state index in [0.29, 0.717) is 19.0 Å². The number of aryl methyl sites for hydroxylation is 1. The first kappa shape index (κ1) is 19.2. The van der Waals surface area contributed by atoms with Crippen LogP contribution in [0, 0.1) is 6.92 Å². The molecule has 152 valence electrons. The second-order valence-electron chi connectivity index (χ2n) is 7.92. The highest BCUT2D eigenvalue weighted by atomic mass is 16.3. The van der Waals surface area contributed by atoms with E-state index < -0.39 is 0 Å². The second-order valence-corrected chi connectivity index (χ2v) is 7.92. The lowest BCUT2D eigenvalue weighted by Crippen LogP contribution is -2.39. The molecule has 0 bridgehead atoms. The number of nitrogens with one attached hydrogen (secondary N) is 1. The Labute approximate surface area is 169 Å². The van der Waals surface area contributed by atoms with Gasteiger partial charge in [-0.05, 0) is 43.4 Å². The summed E-state index contributed by atoms with van der Waals surface area (Å²) in [6.45, 7) is 7.29. The fourth-order valence-electron chi connectivity index (χ4n) is 3.73. The number of aromatic amines is 1. The number of piperidine rings is 1. The first-order valence-electron chi connectivity index (χ1n) is 9.99. The number of hydrogen-bond donors (Lipinski definition) is 2. The minimum atomic E-state index is -0.267. The zero-order chi connectivity index (χ0) is 20.5. The maximum Gasteiger partial charge on any atom is 0.278 e. The van der Waals surface area contributed by atoms with Gasteiger partial charge in [0.15, 0.2) is 17.3 Å². The predicted octanol–water partition coefficient (Wildman–Crippen LogP) is 3.15. The molecule has 8 heteroatoms. The van der Waals surface area contributed by atoms with Crippen molar-refractivity contribution >= 4 is 5.91 Å². The molecule has 3 aromatic rings. The van der Waals surface area contributed by atoms with Gasteiger partial charge in [0.25, 0.3) is 5.91 Å². The van der Waals surface area contributed by atoms with Crippen molar-refractivity contribution in [2.45, 2.75) is 45.4 Å². The first-order valence-corrected chi connectivity index (χ1v) is 9.99. The monoisotopic (exact) mass is 394 g/mol. The number of aromatic nitrogens is 5. The van der Waals surface area contributed by atoms with Crippen molar-refractivity contribution in [2.24, 2.45) is 0 Å². The quantitative estimate of drug-likeness (QED) is 0.708. The van der Waals surface area contributed by atoms with E-state index in [0.717, 1.165) is 30.2 Å². The fraction of sp³-hybridized carbons (Fsp3) is 0.429. The number of nitrogens with zero attached hydrogens (tertiary/aromatic N) is 5. The van der Waals surface area contributed by atoms with E-state index in [1.165, 1.54) is 11.8 Å². The molecule has 0 saturated carbocycles. The van der Waals surface area contributed by atoms with Crippen LogP contribution in [0.4, 0.5) is 0 Å². The molecule has 1 fully saturated rings. The van der Waals surface area contributed by atoms with Gasteiger partial charge in [-0.15, -0.1) is 0 Å². The van der Waals surface area contributed by atoms with E-state index in [1.54, 1.807) is 9.58 Å². The number of carbonyl (C=O) groups is 1. The lowest BCUT2D eigenvalue weighted by atomic mass is 9.97. The standard InChI is InChI=1S/C21H26N6O2/c1-13(2)15-6-8-17(9-7-15)27-12-18(28)19(25-27)21(29)26-10-4-5-16(11-26)20-22-14(3)23-24-20/h6-9,12-13,16,28H,4-5,10-11H2,1-3H3,(H,22,23,24)/t16-/m1/s1. The number of rotatable bonds is 4. The number of likely N-dealkylation sites (tertiary alicyclic amines) is 1. The molecule has 1 atom stereocenters. The molecule has 2 N–H and O–H groups in total. The number of aromatic hydroxyl groups is 1. The molecule has 1 saturated heterocycles. The van der Waals surface area contributed by atoms with E-state index in [4.69, 9.17) is 0 Å². The summed E-state index contributed by atoms with van der Waals surface area (Å²) in [6, 6.07) is 7.96. The minimum absolute atomic E-state index is 0.0738. The molecular formula is C21H26N6O2. The average molecular weight is 394 g/mol. The molecule has 29 heavy (non-hydrogen) atoms. The summed E-state index contributed by atoms with van der Waals surface area (Å²) in [4.78, 5) is 19.2. The van der Waals surface area contributed by atoms with Gasteiger partial charge in [-0.2, -0.15) is 10.2 Å². The smallest absolute Gasteiger partial charge is 0.278 e. The average Bonchev–Trinajstić information content (AvgIpc) is 3.33. The minimum Gasteiger partial charge on any atom is -0.504 e. The van der Waals surface area contributed by atoms with Gasteiger partial charge >= 0.3 is 0 Å². The van der Waals surface area contributed by atoms with Crippen LogP contribution in [0.15, 0.2) is 30.5 Å². The summed E-state index contributed by atoms with van der Waals surface area (Å²) in [7, 11) is 0. The van der Waals surface area contributed by atoms with Gasteiger partial charge in [0, 0.05) is 19.0 Å². The summed E-state index contributed by atoms with van der Waals surface area (Å²) >= 11 is 0. The molecule has 1 aliphatic rings. The molecule has 0 radical (unpaired) electrons. The molecule has 0 unspecified atom stereocenters. The van der Waals surface area contributed by atoms with Crippen LogP contribution in [-0.4, -0.2) is 54.0 Å². The van der Waals surface area contributed by atoms with Crippen LogP contribution in [0.3, 0.4) is 0 Å². The number of amides is 1. The summed E-state index contributed by atoms with van der Waals surface area (Å²) in [5.74, 6) is 1.65. The summed E-state index contributed by atoms with van der Waals surface area (Å²) in [6.07, 6.45) is 3.28. The van der Waals surface area contributed by atoms with E-state index in [2.05, 4.69) is 34.1 Å². The van der Waals surface area contributed by atoms with Crippen molar-refractivity contribution in [1.82, 2.24) is 29.9 Å². The highest BCUT2D eigenvalue weighted by Crippen LogP contribution is 2.27. The van der Waals surface area contributed by atoms with Crippen molar-refractivity contribution < 1.29 is 9.90 Å². The molecule has 8 nitrogen and oxygen atoms in total. The highest BCUT2D eigenvalue weighted by molar-refractivity contribution is 5.95.